The van der Waals surface area contributed by atoms with Crippen LogP contribution in [0, 0.1) is 11.3 Å². The summed E-state index contributed by atoms with van der Waals surface area (Å²) >= 11 is 0. The first-order valence-electron chi connectivity index (χ1n) is 8.59. The van der Waals surface area contributed by atoms with Crippen molar-refractivity contribution in [3.05, 3.63) is 65.2 Å². The zero-order valence-corrected chi connectivity index (χ0v) is 15.1. The number of nitrogens with zero attached hydrogens (tertiary/aromatic N) is 2. The number of nitriles is 1. The van der Waals surface area contributed by atoms with E-state index in [4.69, 9.17) is 5.26 Å². The first-order chi connectivity index (χ1) is 12.0. The SMILES string of the molecule is CCC(C)c1ccc(NC(=O)CN(C)Cc2cccc(C#N)c2)cc1. The number of anilines is 1. The molecule has 2 aromatic carbocycles. The number of benzene rings is 2. The number of hydrogen-bond acceptors (Lipinski definition) is 3. The number of carbonyl (C=O) groups excluding carboxylic acids is 1. The zero-order valence-electron chi connectivity index (χ0n) is 15.1. The van der Waals surface area contributed by atoms with Crippen molar-refractivity contribution in [3.63, 3.8) is 0 Å². The van der Waals surface area contributed by atoms with Gasteiger partial charge in [0.05, 0.1) is 18.2 Å². The molecule has 0 aliphatic rings. The lowest BCUT2D eigenvalue weighted by Gasteiger charge is -2.17. The number of hydrogen-bond donors (Lipinski definition) is 1. The Labute approximate surface area is 150 Å². The van der Waals surface area contributed by atoms with E-state index in [0.717, 1.165) is 17.7 Å². The van der Waals surface area contributed by atoms with Crippen LogP contribution in [0.5, 0.6) is 0 Å². The molecule has 0 radical (unpaired) electrons. The van der Waals surface area contributed by atoms with Gasteiger partial charge in [-0.25, -0.2) is 0 Å². The van der Waals surface area contributed by atoms with Gasteiger partial charge in [-0.2, -0.15) is 5.26 Å². The van der Waals surface area contributed by atoms with E-state index in [-0.39, 0.29) is 5.91 Å². The van der Waals surface area contributed by atoms with Gasteiger partial charge in [-0.15, -0.1) is 0 Å². The highest BCUT2D eigenvalue weighted by Crippen LogP contribution is 2.20. The fourth-order valence-corrected chi connectivity index (χ4v) is 2.68. The summed E-state index contributed by atoms with van der Waals surface area (Å²) in [6.07, 6.45) is 1.10. The van der Waals surface area contributed by atoms with E-state index in [1.54, 1.807) is 6.07 Å². The topological polar surface area (TPSA) is 56.1 Å². The molecule has 0 aromatic heterocycles. The van der Waals surface area contributed by atoms with Crippen LogP contribution in [0.25, 0.3) is 0 Å². The molecule has 1 N–H and O–H groups in total. The minimum atomic E-state index is -0.0461. The molecular formula is C21H25N3O. The summed E-state index contributed by atoms with van der Waals surface area (Å²) in [5, 5.41) is 11.9. The number of amides is 1. The van der Waals surface area contributed by atoms with E-state index in [1.807, 2.05) is 42.3 Å². The highest BCUT2D eigenvalue weighted by molar-refractivity contribution is 5.92. The van der Waals surface area contributed by atoms with Crippen LogP contribution in [-0.2, 0) is 11.3 Å². The van der Waals surface area contributed by atoms with E-state index in [2.05, 4.69) is 37.4 Å². The predicted octanol–water partition coefficient (Wildman–Crippen LogP) is 4.14. The molecule has 2 aromatic rings. The first-order valence-corrected chi connectivity index (χ1v) is 8.59. The van der Waals surface area contributed by atoms with Gasteiger partial charge >= 0.3 is 0 Å². The molecule has 0 heterocycles. The second kappa shape index (κ2) is 9.00. The summed E-state index contributed by atoms with van der Waals surface area (Å²) in [4.78, 5) is 14.1. The van der Waals surface area contributed by atoms with Crippen LogP contribution in [0.15, 0.2) is 48.5 Å². The summed E-state index contributed by atoms with van der Waals surface area (Å²) in [6, 6.07) is 17.6. The van der Waals surface area contributed by atoms with Gasteiger partial charge in [0.2, 0.25) is 5.91 Å². The van der Waals surface area contributed by atoms with Crippen molar-refractivity contribution < 1.29 is 4.79 Å². The normalized spacial score (nSPS) is 11.8. The summed E-state index contributed by atoms with van der Waals surface area (Å²) in [6.45, 7) is 5.28. The van der Waals surface area contributed by atoms with Crippen molar-refractivity contribution in [1.29, 1.82) is 5.26 Å². The Bertz CT molecular complexity index is 746. The minimum Gasteiger partial charge on any atom is -0.325 e. The quantitative estimate of drug-likeness (QED) is 0.827. The van der Waals surface area contributed by atoms with E-state index in [1.165, 1.54) is 5.56 Å². The minimum absolute atomic E-state index is 0.0461. The van der Waals surface area contributed by atoms with Gasteiger partial charge in [0.15, 0.2) is 0 Å². The molecule has 2 rings (SSSR count). The van der Waals surface area contributed by atoms with Gasteiger partial charge in [-0.1, -0.05) is 38.1 Å². The number of likely N-dealkylation sites (N-methyl/N-ethyl adjacent to an activating group) is 1. The average Bonchev–Trinajstić information content (AvgIpc) is 2.61. The third-order valence-corrected chi connectivity index (χ3v) is 4.30. The molecule has 0 aliphatic heterocycles. The number of nitrogens with one attached hydrogen (secondary N) is 1. The van der Waals surface area contributed by atoms with Gasteiger partial charge in [0.1, 0.15) is 0 Å². The Morgan fingerprint density at radius 3 is 2.60 bits per heavy atom. The number of rotatable bonds is 7. The van der Waals surface area contributed by atoms with Gasteiger partial charge < -0.3 is 5.32 Å². The lowest BCUT2D eigenvalue weighted by molar-refractivity contribution is -0.117. The highest BCUT2D eigenvalue weighted by Gasteiger charge is 2.09. The van der Waals surface area contributed by atoms with Crippen molar-refractivity contribution in [2.75, 3.05) is 18.9 Å². The number of carbonyl (C=O) groups is 1. The standard InChI is InChI=1S/C21H25N3O/c1-4-16(2)19-8-10-20(11-9-19)23-21(25)15-24(3)14-18-7-5-6-17(12-18)13-22/h5-12,16H,4,14-15H2,1-3H3,(H,23,25). The van der Waals surface area contributed by atoms with Crippen LogP contribution in [0.3, 0.4) is 0 Å². The molecule has 0 spiro atoms. The predicted molar refractivity (Wildman–Crippen MR) is 101 cm³/mol. The van der Waals surface area contributed by atoms with Crippen LogP contribution in [0.4, 0.5) is 5.69 Å². The Kier molecular flexibility index (Phi) is 6.73. The summed E-state index contributed by atoms with van der Waals surface area (Å²) in [5.74, 6) is 0.482. The second-order valence-electron chi connectivity index (χ2n) is 6.46. The Balaban J connectivity index is 1.87. The smallest absolute Gasteiger partial charge is 0.238 e. The van der Waals surface area contributed by atoms with Gasteiger partial charge in [-0.3, -0.25) is 9.69 Å². The molecular weight excluding hydrogens is 310 g/mol. The third kappa shape index (κ3) is 5.74. The summed E-state index contributed by atoms with van der Waals surface area (Å²) < 4.78 is 0. The van der Waals surface area contributed by atoms with E-state index in [9.17, 15) is 4.79 Å². The van der Waals surface area contributed by atoms with Crippen molar-refractivity contribution in [3.8, 4) is 6.07 Å². The van der Waals surface area contributed by atoms with Crippen molar-refractivity contribution in [2.45, 2.75) is 32.7 Å². The summed E-state index contributed by atoms with van der Waals surface area (Å²) in [5.41, 5.74) is 3.76. The average molecular weight is 335 g/mol. The lowest BCUT2D eigenvalue weighted by Crippen LogP contribution is -2.29. The Hall–Kier alpha value is -2.64. The van der Waals surface area contributed by atoms with Crippen LogP contribution < -0.4 is 5.32 Å². The van der Waals surface area contributed by atoms with Crippen LogP contribution in [-0.4, -0.2) is 24.4 Å². The zero-order chi connectivity index (χ0) is 18.2. The van der Waals surface area contributed by atoms with Crippen LogP contribution in [0.2, 0.25) is 0 Å². The van der Waals surface area contributed by atoms with E-state index >= 15 is 0 Å². The monoisotopic (exact) mass is 335 g/mol. The maximum atomic E-state index is 12.2. The molecule has 130 valence electrons. The molecule has 1 amide bonds. The van der Waals surface area contributed by atoms with Crippen LogP contribution in [0.1, 0.15) is 42.9 Å². The fourth-order valence-electron chi connectivity index (χ4n) is 2.68. The summed E-state index contributed by atoms with van der Waals surface area (Å²) in [7, 11) is 1.89. The Morgan fingerprint density at radius 2 is 1.96 bits per heavy atom. The molecule has 0 fully saturated rings. The van der Waals surface area contributed by atoms with Gasteiger partial charge in [0, 0.05) is 12.2 Å². The highest BCUT2D eigenvalue weighted by atomic mass is 16.2. The van der Waals surface area contributed by atoms with E-state index < -0.39 is 0 Å². The largest absolute Gasteiger partial charge is 0.325 e. The van der Waals surface area contributed by atoms with Crippen LogP contribution >= 0.6 is 0 Å². The maximum absolute atomic E-state index is 12.2. The van der Waals surface area contributed by atoms with E-state index in [0.29, 0.717) is 24.6 Å². The molecule has 4 heteroatoms. The fraction of sp³-hybridized carbons (Fsp3) is 0.333. The lowest BCUT2D eigenvalue weighted by atomic mass is 9.99. The molecule has 0 aliphatic carbocycles. The molecule has 4 nitrogen and oxygen atoms in total. The molecule has 1 unspecified atom stereocenters. The maximum Gasteiger partial charge on any atom is 0.238 e. The van der Waals surface area contributed by atoms with Gasteiger partial charge in [-0.05, 0) is 54.8 Å². The van der Waals surface area contributed by atoms with Gasteiger partial charge in [0.25, 0.3) is 0 Å². The molecule has 0 saturated heterocycles. The molecule has 1 atom stereocenters. The third-order valence-electron chi connectivity index (χ3n) is 4.30. The Morgan fingerprint density at radius 1 is 1.24 bits per heavy atom. The molecule has 0 bridgehead atoms. The molecule has 25 heavy (non-hydrogen) atoms. The van der Waals surface area contributed by atoms with Crippen molar-refractivity contribution in [1.82, 2.24) is 4.90 Å². The molecule has 0 saturated carbocycles. The van der Waals surface area contributed by atoms with Crippen molar-refractivity contribution >= 4 is 11.6 Å². The van der Waals surface area contributed by atoms with Crippen molar-refractivity contribution in [2.24, 2.45) is 0 Å². The first kappa shape index (κ1) is 18.7. The second-order valence-corrected chi connectivity index (χ2v) is 6.46.